The summed E-state index contributed by atoms with van der Waals surface area (Å²) >= 11 is 0. The smallest absolute Gasteiger partial charge is 0.269 e. The van der Waals surface area contributed by atoms with Crippen molar-refractivity contribution in [3.05, 3.63) is 84.8 Å². The highest BCUT2D eigenvalue weighted by atomic mass is 32.2. The Morgan fingerprint density at radius 2 is 1.76 bits per heavy atom. The summed E-state index contributed by atoms with van der Waals surface area (Å²) in [5.41, 5.74) is 2.40. The van der Waals surface area contributed by atoms with Crippen molar-refractivity contribution in [1.82, 2.24) is 4.98 Å². The molecular formula is C27H22FN3O6S. The number of benzene rings is 3. The van der Waals surface area contributed by atoms with E-state index in [2.05, 4.69) is 9.71 Å². The first-order chi connectivity index (χ1) is 18.3. The Balaban J connectivity index is 1.54. The van der Waals surface area contributed by atoms with Gasteiger partial charge in [-0.1, -0.05) is 12.1 Å². The van der Waals surface area contributed by atoms with E-state index in [1.165, 1.54) is 13.3 Å². The second kappa shape index (κ2) is 10.0. The van der Waals surface area contributed by atoms with E-state index in [0.29, 0.717) is 34.0 Å². The van der Waals surface area contributed by atoms with E-state index < -0.39 is 15.8 Å². The number of carbonyl (C=O) groups is 1. The number of sulfonamides is 1. The molecule has 1 amide bonds. The minimum Gasteiger partial charge on any atom is -0.497 e. The van der Waals surface area contributed by atoms with Gasteiger partial charge in [-0.05, 0) is 60.2 Å². The lowest BCUT2D eigenvalue weighted by Crippen LogP contribution is -2.35. The van der Waals surface area contributed by atoms with Crippen molar-refractivity contribution in [1.29, 1.82) is 0 Å². The fourth-order valence-corrected chi connectivity index (χ4v) is 5.08. The van der Waals surface area contributed by atoms with Crippen molar-refractivity contribution >= 4 is 33.0 Å². The van der Waals surface area contributed by atoms with Crippen molar-refractivity contribution in [2.45, 2.75) is 4.90 Å². The minimum absolute atomic E-state index is 0.0499. The van der Waals surface area contributed by atoms with Gasteiger partial charge >= 0.3 is 0 Å². The topological polar surface area (TPSA) is 107 Å². The summed E-state index contributed by atoms with van der Waals surface area (Å²) in [5.74, 6) is 0.340. The Labute approximate surface area is 218 Å². The molecule has 0 spiro atoms. The fourth-order valence-electron chi connectivity index (χ4n) is 4.03. The SMILES string of the molecule is COc1cccc(N2C(=O)COc3ccc(-c4cnc(OC)c(NS(=O)(=O)c5ccc(F)cc5)c4)cc32)c1. The maximum atomic E-state index is 13.3. The Morgan fingerprint density at radius 1 is 0.974 bits per heavy atom. The van der Waals surface area contributed by atoms with Gasteiger partial charge in [0, 0.05) is 17.8 Å². The molecule has 1 aliphatic rings. The summed E-state index contributed by atoms with van der Waals surface area (Å²) in [6.07, 6.45) is 1.53. The molecule has 38 heavy (non-hydrogen) atoms. The van der Waals surface area contributed by atoms with Crippen molar-refractivity contribution in [3.63, 3.8) is 0 Å². The molecule has 11 heteroatoms. The molecular weight excluding hydrogens is 513 g/mol. The van der Waals surface area contributed by atoms with Crippen LogP contribution in [-0.2, 0) is 14.8 Å². The van der Waals surface area contributed by atoms with Gasteiger partial charge in [-0.25, -0.2) is 17.8 Å². The van der Waals surface area contributed by atoms with Crippen molar-refractivity contribution in [2.24, 2.45) is 0 Å². The lowest BCUT2D eigenvalue weighted by molar-refractivity contribution is -0.120. The number of rotatable bonds is 7. The number of pyridine rings is 1. The summed E-state index contributed by atoms with van der Waals surface area (Å²) in [5, 5.41) is 0. The molecule has 0 fully saturated rings. The standard InChI is InChI=1S/C27H22FN3O6S/c1-35-21-5-3-4-20(14-21)31-24-13-17(6-11-25(24)37-16-26(31)32)18-12-23(27(36-2)29-15-18)30-38(33,34)22-9-7-19(28)8-10-22/h3-15,30H,16H2,1-2H3. The normalized spacial score (nSPS) is 12.9. The molecule has 4 aromatic rings. The number of nitrogens with one attached hydrogen (secondary N) is 1. The van der Waals surface area contributed by atoms with Gasteiger partial charge < -0.3 is 14.2 Å². The molecule has 0 bridgehead atoms. The molecule has 1 aromatic heterocycles. The Bertz CT molecular complexity index is 1630. The Morgan fingerprint density at radius 3 is 2.50 bits per heavy atom. The first kappa shape index (κ1) is 25.0. The van der Waals surface area contributed by atoms with Crippen LogP contribution in [0.15, 0.2) is 83.9 Å². The highest BCUT2D eigenvalue weighted by Gasteiger charge is 2.28. The largest absolute Gasteiger partial charge is 0.497 e. The number of anilines is 3. The van der Waals surface area contributed by atoms with Gasteiger partial charge in [-0.2, -0.15) is 0 Å². The molecule has 5 rings (SSSR count). The number of hydrogen-bond acceptors (Lipinski definition) is 7. The molecule has 2 heterocycles. The number of methoxy groups -OCH3 is 2. The quantitative estimate of drug-likeness (QED) is 0.364. The molecule has 0 unspecified atom stereocenters. The number of amides is 1. The number of carbonyl (C=O) groups excluding carboxylic acids is 1. The van der Waals surface area contributed by atoms with Gasteiger partial charge in [0.2, 0.25) is 5.88 Å². The van der Waals surface area contributed by atoms with Crippen LogP contribution >= 0.6 is 0 Å². The van der Waals surface area contributed by atoms with Gasteiger partial charge in [-0.3, -0.25) is 14.4 Å². The molecule has 1 N–H and O–H groups in total. The third-order valence-corrected chi connectivity index (χ3v) is 7.24. The van der Waals surface area contributed by atoms with E-state index in [0.717, 1.165) is 24.3 Å². The van der Waals surface area contributed by atoms with E-state index >= 15 is 0 Å². The summed E-state index contributed by atoms with van der Waals surface area (Å²) in [7, 11) is -1.14. The average Bonchev–Trinajstić information content (AvgIpc) is 2.92. The summed E-state index contributed by atoms with van der Waals surface area (Å²) in [4.78, 5) is 18.6. The second-order valence-electron chi connectivity index (χ2n) is 8.24. The van der Waals surface area contributed by atoms with E-state index in [4.69, 9.17) is 14.2 Å². The Kier molecular flexibility index (Phi) is 6.60. The van der Waals surface area contributed by atoms with E-state index in [-0.39, 0.29) is 29.0 Å². The highest BCUT2D eigenvalue weighted by Crippen LogP contribution is 2.41. The molecule has 194 valence electrons. The maximum absolute atomic E-state index is 13.3. The zero-order chi connectivity index (χ0) is 26.9. The lowest BCUT2D eigenvalue weighted by atomic mass is 10.0. The first-order valence-electron chi connectivity index (χ1n) is 11.4. The second-order valence-corrected chi connectivity index (χ2v) is 9.92. The molecule has 0 saturated carbocycles. The maximum Gasteiger partial charge on any atom is 0.269 e. The van der Waals surface area contributed by atoms with E-state index in [9.17, 15) is 17.6 Å². The predicted octanol–water partition coefficient (Wildman–Crippen LogP) is 4.76. The molecule has 9 nitrogen and oxygen atoms in total. The summed E-state index contributed by atoms with van der Waals surface area (Å²) < 4.78 is 57.8. The number of hydrogen-bond donors (Lipinski definition) is 1. The van der Waals surface area contributed by atoms with Crippen LogP contribution in [-0.4, -0.2) is 40.1 Å². The van der Waals surface area contributed by atoms with Gasteiger partial charge in [0.25, 0.3) is 15.9 Å². The molecule has 1 aliphatic heterocycles. The number of ether oxygens (including phenoxy) is 3. The number of aromatic nitrogens is 1. The van der Waals surface area contributed by atoms with Gasteiger partial charge in [0.1, 0.15) is 23.0 Å². The highest BCUT2D eigenvalue weighted by molar-refractivity contribution is 7.92. The third-order valence-electron chi connectivity index (χ3n) is 5.86. The zero-order valence-corrected chi connectivity index (χ0v) is 21.2. The monoisotopic (exact) mass is 535 g/mol. The minimum atomic E-state index is -4.06. The van der Waals surface area contributed by atoms with Crippen LogP contribution in [0.5, 0.6) is 17.4 Å². The van der Waals surface area contributed by atoms with Crippen molar-refractivity contribution < 1.29 is 31.8 Å². The van der Waals surface area contributed by atoms with Crippen LogP contribution in [0.4, 0.5) is 21.5 Å². The van der Waals surface area contributed by atoms with E-state index in [1.54, 1.807) is 60.5 Å². The van der Waals surface area contributed by atoms with Crippen molar-refractivity contribution in [3.8, 4) is 28.5 Å². The number of fused-ring (bicyclic) bond motifs is 1. The van der Waals surface area contributed by atoms with Gasteiger partial charge in [0.15, 0.2) is 6.61 Å². The van der Waals surface area contributed by atoms with Crippen LogP contribution < -0.4 is 23.8 Å². The summed E-state index contributed by atoms with van der Waals surface area (Å²) in [6, 6.07) is 18.4. The fraction of sp³-hybridized carbons (Fsp3) is 0.111. The number of nitrogens with zero attached hydrogens (tertiary/aromatic N) is 2. The lowest BCUT2D eigenvalue weighted by Gasteiger charge is -2.30. The zero-order valence-electron chi connectivity index (χ0n) is 20.3. The van der Waals surface area contributed by atoms with Crippen LogP contribution in [0, 0.1) is 5.82 Å². The number of halogens is 1. The molecule has 0 aliphatic carbocycles. The van der Waals surface area contributed by atoms with Crippen LogP contribution in [0.3, 0.4) is 0 Å². The third kappa shape index (κ3) is 4.83. The van der Waals surface area contributed by atoms with Crippen molar-refractivity contribution in [2.75, 3.05) is 30.4 Å². The van der Waals surface area contributed by atoms with Crippen LogP contribution in [0.25, 0.3) is 11.1 Å². The predicted molar refractivity (Wildman–Crippen MR) is 139 cm³/mol. The molecule has 3 aromatic carbocycles. The van der Waals surface area contributed by atoms with Gasteiger partial charge in [0.05, 0.1) is 30.5 Å². The van der Waals surface area contributed by atoms with E-state index in [1.807, 2.05) is 0 Å². The molecule has 0 saturated heterocycles. The summed E-state index contributed by atoms with van der Waals surface area (Å²) in [6.45, 7) is -0.122. The van der Waals surface area contributed by atoms with Crippen LogP contribution in [0.2, 0.25) is 0 Å². The Hall–Kier alpha value is -4.64. The first-order valence-corrected chi connectivity index (χ1v) is 12.8. The van der Waals surface area contributed by atoms with Crippen LogP contribution in [0.1, 0.15) is 0 Å². The van der Waals surface area contributed by atoms with Gasteiger partial charge in [-0.15, -0.1) is 0 Å². The average molecular weight is 536 g/mol. The molecule has 0 atom stereocenters. The molecule has 0 radical (unpaired) electrons.